The van der Waals surface area contributed by atoms with Gasteiger partial charge in [-0.05, 0) is 50.1 Å². The van der Waals surface area contributed by atoms with Gasteiger partial charge < -0.3 is 15.1 Å². The number of hydrogen-bond donors (Lipinski definition) is 2. The lowest BCUT2D eigenvalue weighted by Gasteiger charge is -2.13. The lowest BCUT2D eigenvalue weighted by Crippen LogP contribution is -2.33. The molecular formula is C29H27N5O3. The number of hydrogen-bond acceptors (Lipinski definition) is 5. The van der Waals surface area contributed by atoms with Crippen LogP contribution in [0.3, 0.4) is 0 Å². The van der Waals surface area contributed by atoms with Crippen molar-refractivity contribution in [2.45, 2.75) is 27.3 Å². The summed E-state index contributed by atoms with van der Waals surface area (Å²) in [6.45, 7) is 6.12. The van der Waals surface area contributed by atoms with E-state index in [2.05, 4.69) is 15.7 Å². The molecule has 0 aliphatic heterocycles. The second-order valence-corrected chi connectivity index (χ2v) is 9.04. The van der Waals surface area contributed by atoms with Gasteiger partial charge in [0.05, 0.1) is 35.6 Å². The van der Waals surface area contributed by atoms with Crippen LogP contribution in [0.15, 0.2) is 77.5 Å². The fourth-order valence-corrected chi connectivity index (χ4v) is 4.47. The zero-order valence-corrected chi connectivity index (χ0v) is 20.9. The van der Waals surface area contributed by atoms with Crippen LogP contribution >= 0.6 is 0 Å². The first-order valence-electron chi connectivity index (χ1n) is 12.0. The number of anilines is 1. The third-order valence-corrected chi connectivity index (χ3v) is 6.16. The summed E-state index contributed by atoms with van der Waals surface area (Å²) >= 11 is 0. The lowest BCUT2D eigenvalue weighted by molar-refractivity contribution is -0.115. The van der Waals surface area contributed by atoms with Gasteiger partial charge in [-0.1, -0.05) is 48.0 Å². The molecule has 2 amide bonds. The van der Waals surface area contributed by atoms with E-state index in [4.69, 9.17) is 9.40 Å². The first kappa shape index (κ1) is 24.0. The zero-order valence-electron chi connectivity index (χ0n) is 20.9. The summed E-state index contributed by atoms with van der Waals surface area (Å²) in [5.74, 6) is 0.0430. The Balaban J connectivity index is 1.42. The molecule has 3 heterocycles. The molecule has 2 aromatic carbocycles. The Morgan fingerprint density at radius 1 is 0.973 bits per heavy atom. The normalized spacial score (nSPS) is 11.0. The van der Waals surface area contributed by atoms with Crippen LogP contribution in [0.2, 0.25) is 0 Å². The molecular weight excluding hydrogens is 466 g/mol. The van der Waals surface area contributed by atoms with Gasteiger partial charge in [0.15, 0.2) is 5.65 Å². The van der Waals surface area contributed by atoms with Crippen LogP contribution in [0.1, 0.15) is 32.8 Å². The second kappa shape index (κ2) is 10.1. The van der Waals surface area contributed by atoms with E-state index in [-0.39, 0.29) is 18.4 Å². The van der Waals surface area contributed by atoms with E-state index >= 15 is 0 Å². The molecule has 0 spiro atoms. The zero-order chi connectivity index (χ0) is 25.9. The summed E-state index contributed by atoms with van der Waals surface area (Å²) in [6.07, 6.45) is 3.22. The van der Waals surface area contributed by atoms with Crippen LogP contribution in [0.25, 0.3) is 22.3 Å². The van der Waals surface area contributed by atoms with Crippen molar-refractivity contribution < 1.29 is 14.0 Å². The van der Waals surface area contributed by atoms with Gasteiger partial charge in [0.1, 0.15) is 12.3 Å². The van der Waals surface area contributed by atoms with Crippen molar-refractivity contribution in [2.24, 2.45) is 0 Å². The highest BCUT2D eigenvalue weighted by Gasteiger charge is 2.19. The molecule has 0 bridgehead atoms. The Morgan fingerprint density at radius 3 is 2.43 bits per heavy atom. The third kappa shape index (κ3) is 5.13. The molecule has 0 saturated heterocycles. The van der Waals surface area contributed by atoms with E-state index in [0.717, 1.165) is 33.7 Å². The van der Waals surface area contributed by atoms with Gasteiger partial charge in [0.25, 0.3) is 5.91 Å². The van der Waals surface area contributed by atoms with E-state index < -0.39 is 0 Å². The van der Waals surface area contributed by atoms with Gasteiger partial charge >= 0.3 is 0 Å². The molecule has 37 heavy (non-hydrogen) atoms. The van der Waals surface area contributed by atoms with Crippen LogP contribution in [0, 0.1) is 20.8 Å². The molecule has 0 radical (unpaired) electrons. The smallest absolute Gasteiger partial charge is 0.252 e. The maximum absolute atomic E-state index is 13.3. The largest absolute Gasteiger partial charge is 0.467 e. The number of rotatable bonds is 7. The monoisotopic (exact) mass is 493 g/mol. The maximum Gasteiger partial charge on any atom is 0.252 e. The molecule has 5 aromatic rings. The molecule has 8 heteroatoms. The number of aromatic nitrogens is 3. The summed E-state index contributed by atoms with van der Waals surface area (Å²) in [5.41, 5.74) is 6.30. The molecule has 0 aliphatic rings. The standard InChI is InChI=1S/C29H27N5O3/c1-18-12-19(2)27(20(3)13-18)33-26(35)16-30-29(36)23-14-25(21-8-5-4-6-9-21)32-28-24(23)15-31-34(28)17-22-10-7-11-37-22/h4-15H,16-17H2,1-3H3,(H,30,36)(H,33,35). The number of nitrogens with one attached hydrogen (secondary N) is 2. The van der Waals surface area contributed by atoms with E-state index in [0.29, 0.717) is 28.8 Å². The second-order valence-electron chi connectivity index (χ2n) is 9.04. The lowest BCUT2D eigenvalue weighted by atomic mass is 10.1. The SMILES string of the molecule is Cc1cc(C)c(NC(=O)CNC(=O)c2cc(-c3ccccc3)nc3c2cnn3Cc2ccco2)c(C)c1. The number of carbonyl (C=O) groups is 2. The van der Waals surface area contributed by atoms with Crippen molar-refractivity contribution in [3.8, 4) is 11.3 Å². The van der Waals surface area contributed by atoms with Crippen LogP contribution < -0.4 is 10.6 Å². The van der Waals surface area contributed by atoms with Gasteiger partial charge in [-0.2, -0.15) is 5.10 Å². The van der Waals surface area contributed by atoms with E-state index in [1.54, 1.807) is 23.2 Å². The van der Waals surface area contributed by atoms with Crippen molar-refractivity contribution in [1.82, 2.24) is 20.1 Å². The minimum absolute atomic E-state index is 0.170. The number of fused-ring (bicyclic) bond motifs is 1. The van der Waals surface area contributed by atoms with Crippen molar-refractivity contribution >= 4 is 28.5 Å². The summed E-state index contributed by atoms with van der Waals surface area (Å²) in [6, 6.07) is 19.1. The minimum Gasteiger partial charge on any atom is -0.467 e. The topological polar surface area (TPSA) is 102 Å². The van der Waals surface area contributed by atoms with Crippen molar-refractivity contribution in [1.29, 1.82) is 0 Å². The number of carbonyl (C=O) groups excluding carboxylic acids is 2. The molecule has 0 aliphatic carbocycles. The third-order valence-electron chi connectivity index (χ3n) is 6.16. The van der Waals surface area contributed by atoms with Gasteiger partial charge in [-0.3, -0.25) is 9.59 Å². The average Bonchev–Trinajstić information content (AvgIpc) is 3.55. The first-order chi connectivity index (χ1) is 17.9. The van der Waals surface area contributed by atoms with Gasteiger partial charge in [0.2, 0.25) is 5.91 Å². The Kier molecular flexibility index (Phi) is 6.55. The number of aryl methyl sites for hydroxylation is 3. The number of benzene rings is 2. The minimum atomic E-state index is -0.380. The summed E-state index contributed by atoms with van der Waals surface area (Å²) in [4.78, 5) is 30.8. The Hall–Kier alpha value is -4.72. The molecule has 0 fully saturated rings. The molecule has 0 unspecified atom stereocenters. The Labute approximate surface area is 214 Å². The molecule has 8 nitrogen and oxygen atoms in total. The number of pyridine rings is 1. The van der Waals surface area contributed by atoms with Gasteiger partial charge in [0, 0.05) is 11.3 Å². The number of amides is 2. The molecule has 3 aromatic heterocycles. The van der Waals surface area contributed by atoms with Crippen LogP contribution in [0.4, 0.5) is 5.69 Å². The predicted molar refractivity (Wildman–Crippen MR) is 142 cm³/mol. The molecule has 186 valence electrons. The van der Waals surface area contributed by atoms with Crippen molar-refractivity contribution in [2.75, 3.05) is 11.9 Å². The van der Waals surface area contributed by atoms with E-state index in [1.165, 1.54) is 0 Å². The van der Waals surface area contributed by atoms with Crippen molar-refractivity contribution in [3.05, 3.63) is 101 Å². The fourth-order valence-electron chi connectivity index (χ4n) is 4.47. The highest BCUT2D eigenvalue weighted by Crippen LogP contribution is 2.26. The van der Waals surface area contributed by atoms with Crippen LogP contribution in [-0.2, 0) is 11.3 Å². The number of nitrogens with zero attached hydrogens (tertiary/aromatic N) is 3. The van der Waals surface area contributed by atoms with E-state index in [9.17, 15) is 9.59 Å². The highest BCUT2D eigenvalue weighted by molar-refractivity contribution is 6.08. The quantitative estimate of drug-likeness (QED) is 0.331. The summed E-state index contributed by atoms with van der Waals surface area (Å²) in [7, 11) is 0. The van der Waals surface area contributed by atoms with Crippen molar-refractivity contribution in [3.63, 3.8) is 0 Å². The summed E-state index contributed by atoms with van der Waals surface area (Å²) < 4.78 is 7.17. The molecule has 0 atom stereocenters. The predicted octanol–water partition coefficient (Wildman–Crippen LogP) is 5.03. The van der Waals surface area contributed by atoms with Gasteiger partial charge in [-0.25, -0.2) is 9.67 Å². The van der Waals surface area contributed by atoms with Crippen LogP contribution in [-0.4, -0.2) is 33.1 Å². The Bertz CT molecular complexity index is 1560. The number of furan rings is 1. The maximum atomic E-state index is 13.3. The Morgan fingerprint density at radius 2 is 1.73 bits per heavy atom. The fraction of sp³-hybridized carbons (Fsp3) is 0.172. The first-order valence-corrected chi connectivity index (χ1v) is 12.0. The summed E-state index contributed by atoms with van der Waals surface area (Å²) in [5, 5.41) is 10.7. The molecule has 0 saturated carbocycles. The van der Waals surface area contributed by atoms with E-state index in [1.807, 2.05) is 75.4 Å². The molecule has 5 rings (SSSR count). The molecule has 2 N–H and O–H groups in total. The average molecular weight is 494 g/mol. The van der Waals surface area contributed by atoms with Gasteiger partial charge in [-0.15, -0.1) is 0 Å². The highest BCUT2D eigenvalue weighted by atomic mass is 16.3. The van der Waals surface area contributed by atoms with Crippen LogP contribution in [0.5, 0.6) is 0 Å².